The summed E-state index contributed by atoms with van der Waals surface area (Å²) in [5.41, 5.74) is -0.384. The summed E-state index contributed by atoms with van der Waals surface area (Å²) in [4.78, 5) is 0. The number of aromatic hydroxyl groups is 2. The minimum atomic E-state index is -0.384. The molecule has 0 saturated carbocycles. The van der Waals surface area contributed by atoms with Gasteiger partial charge in [0.1, 0.15) is 5.60 Å². The van der Waals surface area contributed by atoms with E-state index in [0.29, 0.717) is 5.75 Å². The van der Waals surface area contributed by atoms with Crippen molar-refractivity contribution in [3.05, 3.63) is 18.2 Å². The fraction of sp³-hybridized carbons (Fsp3) is 0.400. The normalized spacial score (nSPS) is 11.3. The molecule has 1 rings (SSSR count). The first-order chi connectivity index (χ1) is 5.90. The third kappa shape index (κ3) is 2.54. The molecule has 0 saturated heterocycles. The molecule has 0 aliphatic carbocycles. The Hall–Kier alpha value is -1.38. The Morgan fingerprint density at radius 1 is 1.15 bits per heavy atom. The van der Waals surface area contributed by atoms with Crippen LogP contribution in [-0.4, -0.2) is 15.8 Å². The van der Waals surface area contributed by atoms with Gasteiger partial charge in [-0.3, -0.25) is 0 Å². The molecule has 1 aromatic rings. The zero-order valence-electron chi connectivity index (χ0n) is 8.03. The van der Waals surface area contributed by atoms with E-state index in [1.54, 1.807) is 12.1 Å². The number of benzene rings is 1. The summed E-state index contributed by atoms with van der Waals surface area (Å²) < 4.78 is 5.40. The molecule has 72 valence electrons. The van der Waals surface area contributed by atoms with Gasteiger partial charge in [-0.05, 0) is 32.9 Å². The van der Waals surface area contributed by atoms with Gasteiger partial charge in [0.15, 0.2) is 11.5 Å². The van der Waals surface area contributed by atoms with Crippen molar-refractivity contribution in [2.24, 2.45) is 0 Å². The SMILES string of the molecule is CC(C)(C)Oc1cccc(O)c1O. The van der Waals surface area contributed by atoms with Crippen molar-refractivity contribution in [2.75, 3.05) is 0 Å². The Kier molecular flexibility index (Phi) is 2.36. The first-order valence-electron chi connectivity index (χ1n) is 4.10. The molecule has 0 heterocycles. The maximum absolute atomic E-state index is 9.39. The van der Waals surface area contributed by atoms with Gasteiger partial charge < -0.3 is 14.9 Å². The molecule has 0 amide bonds. The van der Waals surface area contributed by atoms with Crippen LogP contribution in [0.5, 0.6) is 17.2 Å². The number of phenolic OH excluding ortho intramolecular Hbond substituents is 2. The molecule has 0 unspecified atom stereocenters. The molecule has 0 bridgehead atoms. The van der Waals surface area contributed by atoms with Crippen LogP contribution in [-0.2, 0) is 0 Å². The van der Waals surface area contributed by atoms with Crippen molar-refractivity contribution in [2.45, 2.75) is 26.4 Å². The standard InChI is InChI=1S/C10H14O3/c1-10(2,3)13-8-6-4-5-7(11)9(8)12/h4-6,11-12H,1-3H3. The molecule has 0 radical (unpaired) electrons. The number of hydrogen-bond acceptors (Lipinski definition) is 3. The highest BCUT2D eigenvalue weighted by Gasteiger charge is 2.15. The van der Waals surface area contributed by atoms with Gasteiger partial charge in [-0.15, -0.1) is 0 Å². The third-order valence-corrected chi connectivity index (χ3v) is 1.39. The van der Waals surface area contributed by atoms with Gasteiger partial charge in [0, 0.05) is 0 Å². The lowest BCUT2D eigenvalue weighted by atomic mass is 10.2. The second-order valence-electron chi connectivity index (χ2n) is 3.84. The highest BCUT2D eigenvalue weighted by atomic mass is 16.5. The smallest absolute Gasteiger partial charge is 0.200 e. The first kappa shape index (κ1) is 9.71. The fourth-order valence-corrected chi connectivity index (χ4v) is 0.923. The van der Waals surface area contributed by atoms with E-state index in [9.17, 15) is 5.11 Å². The highest BCUT2D eigenvalue weighted by Crippen LogP contribution is 2.36. The van der Waals surface area contributed by atoms with Crippen molar-refractivity contribution < 1.29 is 14.9 Å². The minimum absolute atomic E-state index is 0.165. The van der Waals surface area contributed by atoms with E-state index in [4.69, 9.17) is 9.84 Å². The number of para-hydroxylation sites is 1. The Labute approximate surface area is 77.6 Å². The highest BCUT2D eigenvalue weighted by molar-refractivity contribution is 5.49. The lowest BCUT2D eigenvalue weighted by Crippen LogP contribution is -2.22. The molecule has 13 heavy (non-hydrogen) atoms. The summed E-state index contributed by atoms with van der Waals surface area (Å²) in [7, 11) is 0. The molecule has 0 fully saturated rings. The number of hydrogen-bond donors (Lipinski definition) is 2. The third-order valence-electron chi connectivity index (χ3n) is 1.39. The zero-order valence-corrected chi connectivity index (χ0v) is 8.03. The molecule has 3 heteroatoms. The summed E-state index contributed by atoms with van der Waals surface area (Å²) >= 11 is 0. The molecule has 0 aromatic heterocycles. The second-order valence-corrected chi connectivity index (χ2v) is 3.84. The molecule has 0 aliphatic heterocycles. The van der Waals surface area contributed by atoms with Crippen LogP contribution < -0.4 is 4.74 Å². The molecule has 0 atom stereocenters. The van der Waals surface area contributed by atoms with E-state index < -0.39 is 0 Å². The van der Waals surface area contributed by atoms with E-state index in [1.807, 2.05) is 20.8 Å². The van der Waals surface area contributed by atoms with Crippen molar-refractivity contribution in [1.82, 2.24) is 0 Å². The average molecular weight is 182 g/mol. The lowest BCUT2D eigenvalue weighted by Gasteiger charge is -2.21. The van der Waals surface area contributed by atoms with Gasteiger partial charge in [0.25, 0.3) is 0 Å². The van der Waals surface area contributed by atoms with E-state index >= 15 is 0 Å². The molecular weight excluding hydrogens is 168 g/mol. The van der Waals surface area contributed by atoms with Crippen LogP contribution in [0.25, 0.3) is 0 Å². The van der Waals surface area contributed by atoms with Crippen molar-refractivity contribution in [1.29, 1.82) is 0 Å². The summed E-state index contributed by atoms with van der Waals surface area (Å²) in [5, 5.41) is 18.6. The number of rotatable bonds is 1. The molecule has 2 N–H and O–H groups in total. The van der Waals surface area contributed by atoms with Crippen molar-refractivity contribution in [3.8, 4) is 17.2 Å². The maximum atomic E-state index is 9.39. The van der Waals surface area contributed by atoms with Crippen LogP contribution in [0, 0.1) is 0 Å². The van der Waals surface area contributed by atoms with Crippen molar-refractivity contribution in [3.63, 3.8) is 0 Å². The van der Waals surface area contributed by atoms with Gasteiger partial charge in [-0.25, -0.2) is 0 Å². The number of ether oxygens (including phenoxy) is 1. The molecular formula is C10H14O3. The monoisotopic (exact) mass is 182 g/mol. The first-order valence-corrected chi connectivity index (χ1v) is 4.10. The second kappa shape index (κ2) is 3.17. The van der Waals surface area contributed by atoms with Crippen LogP contribution in [0.15, 0.2) is 18.2 Å². The van der Waals surface area contributed by atoms with Crippen LogP contribution in [0.3, 0.4) is 0 Å². The average Bonchev–Trinajstić information content (AvgIpc) is 1.96. The summed E-state index contributed by atoms with van der Waals surface area (Å²) in [6, 6.07) is 4.64. The van der Waals surface area contributed by atoms with Crippen molar-refractivity contribution >= 4 is 0 Å². The van der Waals surface area contributed by atoms with Gasteiger partial charge in [-0.1, -0.05) is 6.07 Å². The summed E-state index contributed by atoms with van der Waals surface area (Å²) in [5.74, 6) is -0.0772. The number of phenols is 2. The Morgan fingerprint density at radius 3 is 2.31 bits per heavy atom. The predicted octanol–water partition coefficient (Wildman–Crippen LogP) is 2.28. The zero-order chi connectivity index (χ0) is 10.1. The van der Waals surface area contributed by atoms with E-state index in [-0.39, 0.29) is 17.1 Å². The van der Waals surface area contributed by atoms with Gasteiger partial charge in [0.2, 0.25) is 5.75 Å². The fourth-order valence-electron chi connectivity index (χ4n) is 0.923. The minimum Gasteiger partial charge on any atom is -0.504 e. The maximum Gasteiger partial charge on any atom is 0.200 e. The predicted molar refractivity (Wildman–Crippen MR) is 50.2 cm³/mol. The van der Waals surface area contributed by atoms with E-state index in [1.165, 1.54) is 6.07 Å². The van der Waals surface area contributed by atoms with Crippen LogP contribution in [0.4, 0.5) is 0 Å². The molecule has 0 spiro atoms. The van der Waals surface area contributed by atoms with Gasteiger partial charge in [-0.2, -0.15) is 0 Å². The van der Waals surface area contributed by atoms with E-state index in [0.717, 1.165) is 0 Å². The van der Waals surface area contributed by atoms with E-state index in [2.05, 4.69) is 0 Å². The molecule has 1 aromatic carbocycles. The van der Waals surface area contributed by atoms with Crippen LogP contribution >= 0.6 is 0 Å². The topological polar surface area (TPSA) is 49.7 Å². The Balaban J connectivity index is 2.96. The summed E-state index contributed by atoms with van der Waals surface area (Å²) in [6.45, 7) is 5.61. The van der Waals surface area contributed by atoms with Gasteiger partial charge in [0.05, 0.1) is 0 Å². The molecule has 3 nitrogen and oxygen atoms in total. The van der Waals surface area contributed by atoms with Gasteiger partial charge >= 0.3 is 0 Å². The van der Waals surface area contributed by atoms with Crippen LogP contribution in [0.2, 0.25) is 0 Å². The van der Waals surface area contributed by atoms with Crippen LogP contribution in [0.1, 0.15) is 20.8 Å². The quantitative estimate of drug-likeness (QED) is 0.655. The molecule has 0 aliphatic rings. The largest absolute Gasteiger partial charge is 0.504 e. The Bertz CT molecular complexity index is 300. The summed E-state index contributed by atoms with van der Waals surface area (Å²) in [6.07, 6.45) is 0. The lowest BCUT2D eigenvalue weighted by molar-refractivity contribution is 0.125. The Morgan fingerprint density at radius 2 is 1.77 bits per heavy atom.